The van der Waals surface area contributed by atoms with Crippen LogP contribution in [0.1, 0.15) is 30.5 Å². The van der Waals surface area contributed by atoms with Gasteiger partial charge in [0, 0.05) is 45.1 Å². The van der Waals surface area contributed by atoms with Gasteiger partial charge in [-0.05, 0) is 5.56 Å². The molecule has 1 unspecified atom stereocenters. The maximum absolute atomic E-state index is 6.23. The number of methoxy groups -OCH3 is 1. The molecule has 1 aliphatic carbocycles. The van der Waals surface area contributed by atoms with Crippen molar-refractivity contribution in [1.29, 1.82) is 0 Å². The maximum atomic E-state index is 6.23. The second kappa shape index (κ2) is 8.15. The second-order valence-electron chi connectivity index (χ2n) is 7.14. The average molecular weight is 390 g/mol. The van der Waals surface area contributed by atoms with E-state index in [1.807, 2.05) is 24.3 Å². The number of halogens is 1. The van der Waals surface area contributed by atoms with E-state index < -0.39 is 5.60 Å². The van der Waals surface area contributed by atoms with Gasteiger partial charge in [-0.2, -0.15) is 0 Å². The lowest BCUT2D eigenvalue weighted by Gasteiger charge is -2.35. The number of rotatable bonds is 7. The zero-order valence-corrected chi connectivity index (χ0v) is 16.2. The van der Waals surface area contributed by atoms with E-state index in [0.717, 1.165) is 30.7 Å². The standard InChI is InChI=1S/C21H24ClNO4/c1-24-21(7-8-25-14-21)19-11-18(12-20(22)23-19)27-17-9-16(10-17)26-13-15-5-3-2-4-6-15/h2-6,11-12,16-17H,7-10,13-14H2,1H3/t16-,17-,21?. The highest BCUT2D eigenvalue weighted by Crippen LogP contribution is 2.36. The van der Waals surface area contributed by atoms with Crippen LogP contribution < -0.4 is 4.74 Å². The molecule has 144 valence electrons. The summed E-state index contributed by atoms with van der Waals surface area (Å²) in [5, 5.41) is 0.405. The minimum absolute atomic E-state index is 0.135. The zero-order valence-electron chi connectivity index (χ0n) is 15.4. The van der Waals surface area contributed by atoms with E-state index in [9.17, 15) is 0 Å². The monoisotopic (exact) mass is 389 g/mol. The van der Waals surface area contributed by atoms with Crippen molar-refractivity contribution in [3.05, 3.63) is 58.9 Å². The molecular formula is C21H24ClNO4. The highest BCUT2D eigenvalue weighted by Gasteiger charge is 2.39. The van der Waals surface area contributed by atoms with E-state index in [4.69, 9.17) is 30.5 Å². The number of benzene rings is 1. The van der Waals surface area contributed by atoms with Gasteiger partial charge in [0.1, 0.15) is 22.6 Å². The fourth-order valence-corrected chi connectivity index (χ4v) is 3.72. The van der Waals surface area contributed by atoms with Crippen LogP contribution in [-0.2, 0) is 26.4 Å². The van der Waals surface area contributed by atoms with E-state index in [1.165, 1.54) is 5.56 Å². The summed E-state index contributed by atoms with van der Waals surface area (Å²) in [7, 11) is 1.68. The van der Waals surface area contributed by atoms with Gasteiger partial charge in [-0.25, -0.2) is 4.98 Å². The predicted molar refractivity (Wildman–Crippen MR) is 102 cm³/mol. The van der Waals surface area contributed by atoms with Crippen LogP contribution in [0.25, 0.3) is 0 Å². The molecule has 1 atom stereocenters. The molecule has 5 nitrogen and oxygen atoms in total. The quantitative estimate of drug-likeness (QED) is 0.666. The summed E-state index contributed by atoms with van der Waals surface area (Å²) in [5.74, 6) is 0.722. The molecule has 0 N–H and O–H groups in total. The van der Waals surface area contributed by atoms with Crippen LogP contribution in [0.4, 0.5) is 0 Å². The SMILES string of the molecule is COC1(c2cc(O[C@H]3C[C@H](OCc4ccccc4)C3)cc(Cl)n2)CCOC1. The van der Waals surface area contributed by atoms with Gasteiger partial charge in [0.05, 0.1) is 25.0 Å². The number of hydrogen-bond donors (Lipinski definition) is 0. The van der Waals surface area contributed by atoms with Crippen molar-refractivity contribution in [2.24, 2.45) is 0 Å². The molecule has 2 aromatic rings. The Balaban J connectivity index is 1.33. The van der Waals surface area contributed by atoms with Gasteiger partial charge in [-0.3, -0.25) is 0 Å². The lowest BCUT2D eigenvalue weighted by molar-refractivity contribution is -0.0686. The number of ether oxygens (including phenoxy) is 4. The fourth-order valence-electron chi connectivity index (χ4n) is 3.52. The van der Waals surface area contributed by atoms with Crippen LogP contribution in [-0.4, -0.2) is 37.5 Å². The molecule has 2 fully saturated rings. The van der Waals surface area contributed by atoms with Gasteiger partial charge in [-0.15, -0.1) is 0 Å². The van der Waals surface area contributed by atoms with Crippen molar-refractivity contribution in [2.75, 3.05) is 20.3 Å². The molecule has 27 heavy (non-hydrogen) atoms. The molecule has 0 spiro atoms. The average Bonchev–Trinajstić information content (AvgIpc) is 3.14. The molecule has 1 aliphatic heterocycles. The van der Waals surface area contributed by atoms with Crippen molar-refractivity contribution < 1.29 is 18.9 Å². The molecule has 1 aromatic carbocycles. The molecule has 0 bridgehead atoms. The summed E-state index contributed by atoms with van der Waals surface area (Å²) in [5.41, 5.74) is 1.42. The molecular weight excluding hydrogens is 366 g/mol. The minimum Gasteiger partial charge on any atom is -0.490 e. The highest BCUT2D eigenvalue weighted by molar-refractivity contribution is 6.29. The highest BCUT2D eigenvalue weighted by atomic mass is 35.5. The molecule has 2 heterocycles. The first-order valence-corrected chi connectivity index (χ1v) is 9.68. The van der Waals surface area contributed by atoms with E-state index in [0.29, 0.717) is 25.0 Å². The zero-order chi connectivity index (χ0) is 18.7. The van der Waals surface area contributed by atoms with E-state index in [2.05, 4.69) is 17.1 Å². The van der Waals surface area contributed by atoms with Crippen LogP contribution in [0.5, 0.6) is 5.75 Å². The summed E-state index contributed by atoms with van der Waals surface area (Å²) >= 11 is 6.23. The van der Waals surface area contributed by atoms with Crippen molar-refractivity contribution in [2.45, 2.75) is 43.7 Å². The predicted octanol–water partition coefficient (Wildman–Crippen LogP) is 4.12. The van der Waals surface area contributed by atoms with Gasteiger partial charge in [0.15, 0.2) is 0 Å². The van der Waals surface area contributed by atoms with Gasteiger partial charge >= 0.3 is 0 Å². The lowest BCUT2D eigenvalue weighted by atomic mass is 9.91. The number of pyridine rings is 1. The second-order valence-corrected chi connectivity index (χ2v) is 7.53. The number of hydrogen-bond acceptors (Lipinski definition) is 5. The summed E-state index contributed by atoms with van der Waals surface area (Å²) < 4.78 is 23.3. The molecule has 4 rings (SSSR count). The van der Waals surface area contributed by atoms with Crippen LogP contribution in [0.15, 0.2) is 42.5 Å². The van der Waals surface area contributed by atoms with Gasteiger partial charge in [0.2, 0.25) is 0 Å². The third-order valence-electron chi connectivity index (χ3n) is 5.29. The molecule has 1 saturated heterocycles. The van der Waals surface area contributed by atoms with Crippen molar-refractivity contribution in [3.63, 3.8) is 0 Å². The molecule has 1 aromatic heterocycles. The third kappa shape index (κ3) is 4.27. The maximum Gasteiger partial charge on any atom is 0.135 e. The molecule has 0 radical (unpaired) electrons. The first kappa shape index (κ1) is 18.7. The summed E-state index contributed by atoms with van der Waals surface area (Å²) in [6, 6.07) is 13.9. The fraction of sp³-hybridized carbons (Fsp3) is 0.476. The van der Waals surface area contributed by atoms with Crippen molar-refractivity contribution in [3.8, 4) is 5.75 Å². The van der Waals surface area contributed by atoms with Crippen LogP contribution in [0.2, 0.25) is 5.15 Å². The first-order chi connectivity index (χ1) is 13.2. The van der Waals surface area contributed by atoms with Crippen LogP contribution in [0.3, 0.4) is 0 Å². The molecule has 2 aliphatic rings. The summed E-state index contributed by atoms with van der Waals surface area (Å²) in [4.78, 5) is 4.44. The Morgan fingerprint density at radius 1 is 1.19 bits per heavy atom. The summed E-state index contributed by atoms with van der Waals surface area (Å²) in [6.07, 6.45) is 2.88. The van der Waals surface area contributed by atoms with Crippen LogP contribution >= 0.6 is 11.6 Å². The largest absolute Gasteiger partial charge is 0.490 e. The Bertz CT molecular complexity index is 758. The Morgan fingerprint density at radius 2 is 2.00 bits per heavy atom. The summed E-state index contributed by atoms with van der Waals surface area (Å²) in [6.45, 7) is 1.77. The normalized spacial score (nSPS) is 27.3. The van der Waals surface area contributed by atoms with Crippen molar-refractivity contribution in [1.82, 2.24) is 4.98 Å². The first-order valence-electron chi connectivity index (χ1n) is 9.30. The van der Waals surface area contributed by atoms with E-state index >= 15 is 0 Å². The van der Waals surface area contributed by atoms with Gasteiger partial charge in [-0.1, -0.05) is 41.9 Å². The minimum atomic E-state index is -0.538. The van der Waals surface area contributed by atoms with Crippen LogP contribution in [0, 0.1) is 0 Å². The van der Waals surface area contributed by atoms with E-state index in [-0.39, 0.29) is 12.2 Å². The smallest absolute Gasteiger partial charge is 0.135 e. The Morgan fingerprint density at radius 3 is 2.70 bits per heavy atom. The molecule has 1 saturated carbocycles. The molecule has 0 amide bonds. The van der Waals surface area contributed by atoms with Gasteiger partial charge < -0.3 is 18.9 Å². The van der Waals surface area contributed by atoms with E-state index in [1.54, 1.807) is 13.2 Å². The lowest BCUT2D eigenvalue weighted by Crippen LogP contribution is -2.39. The number of aromatic nitrogens is 1. The Labute approximate surface area is 164 Å². The molecule has 6 heteroatoms. The Kier molecular flexibility index (Phi) is 5.64. The van der Waals surface area contributed by atoms with Gasteiger partial charge in [0.25, 0.3) is 0 Å². The topological polar surface area (TPSA) is 49.8 Å². The Hall–Kier alpha value is -1.66. The van der Waals surface area contributed by atoms with Crippen molar-refractivity contribution >= 4 is 11.6 Å². The number of nitrogens with zero attached hydrogens (tertiary/aromatic N) is 1. The third-order valence-corrected chi connectivity index (χ3v) is 5.49.